The first-order valence-electron chi connectivity index (χ1n) is 7.64. The van der Waals surface area contributed by atoms with Crippen LogP contribution in [0.5, 0.6) is 0 Å². The van der Waals surface area contributed by atoms with Crippen LogP contribution >= 0.6 is 0 Å². The SMILES string of the molecule is CC1CCN(C(=O)[C@H](C)N(c2ccccc2)S(C)(=O)=O)CC1. The lowest BCUT2D eigenvalue weighted by Gasteiger charge is -2.35. The zero-order chi connectivity index (χ0) is 16.3. The molecule has 1 aromatic carbocycles. The second-order valence-corrected chi connectivity index (χ2v) is 7.94. The Labute approximate surface area is 133 Å². The number of hydrogen-bond acceptors (Lipinski definition) is 3. The molecule has 5 nitrogen and oxygen atoms in total. The van der Waals surface area contributed by atoms with Crippen molar-refractivity contribution >= 4 is 21.6 Å². The fraction of sp³-hybridized carbons (Fsp3) is 0.562. The smallest absolute Gasteiger partial charge is 0.246 e. The third kappa shape index (κ3) is 3.80. The molecule has 0 N–H and O–H groups in total. The van der Waals surface area contributed by atoms with E-state index in [1.807, 2.05) is 6.07 Å². The van der Waals surface area contributed by atoms with Crippen LogP contribution in [0.1, 0.15) is 26.7 Å². The Kier molecular flexibility index (Phi) is 5.11. The van der Waals surface area contributed by atoms with Crippen molar-refractivity contribution in [3.8, 4) is 0 Å². The summed E-state index contributed by atoms with van der Waals surface area (Å²) < 4.78 is 25.6. The zero-order valence-corrected chi connectivity index (χ0v) is 14.2. The molecule has 22 heavy (non-hydrogen) atoms. The number of rotatable bonds is 4. The highest BCUT2D eigenvalue weighted by Gasteiger charge is 2.32. The Morgan fingerprint density at radius 1 is 1.23 bits per heavy atom. The van der Waals surface area contributed by atoms with Crippen LogP contribution in [0.2, 0.25) is 0 Å². The van der Waals surface area contributed by atoms with Crippen molar-refractivity contribution in [3.63, 3.8) is 0 Å². The van der Waals surface area contributed by atoms with Crippen LogP contribution in [-0.2, 0) is 14.8 Å². The number of nitrogens with zero attached hydrogens (tertiary/aromatic N) is 2. The lowest BCUT2D eigenvalue weighted by atomic mass is 9.99. The number of likely N-dealkylation sites (tertiary alicyclic amines) is 1. The van der Waals surface area contributed by atoms with Crippen LogP contribution in [0.15, 0.2) is 30.3 Å². The van der Waals surface area contributed by atoms with Gasteiger partial charge in [-0.1, -0.05) is 25.1 Å². The van der Waals surface area contributed by atoms with Crippen LogP contribution in [0.25, 0.3) is 0 Å². The predicted octanol–water partition coefficient (Wildman–Crippen LogP) is 2.10. The highest BCUT2D eigenvalue weighted by atomic mass is 32.2. The molecule has 0 saturated carbocycles. The number of hydrogen-bond donors (Lipinski definition) is 0. The molecule has 6 heteroatoms. The molecule has 0 spiro atoms. The molecular weight excluding hydrogens is 300 g/mol. The number of carbonyl (C=O) groups excluding carboxylic acids is 1. The number of carbonyl (C=O) groups is 1. The van der Waals surface area contributed by atoms with E-state index < -0.39 is 16.1 Å². The first-order valence-corrected chi connectivity index (χ1v) is 9.49. The van der Waals surface area contributed by atoms with Crippen LogP contribution in [0.3, 0.4) is 0 Å². The minimum atomic E-state index is -3.53. The van der Waals surface area contributed by atoms with Crippen molar-refractivity contribution in [2.45, 2.75) is 32.7 Å². The monoisotopic (exact) mass is 324 g/mol. The van der Waals surface area contributed by atoms with Gasteiger partial charge in [-0.2, -0.15) is 0 Å². The molecule has 1 fully saturated rings. The van der Waals surface area contributed by atoms with Gasteiger partial charge in [0.05, 0.1) is 11.9 Å². The molecule has 122 valence electrons. The van der Waals surface area contributed by atoms with Gasteiger partial charge in [0, 0.05) is 13.1 Å². The molecule has 2 rings (SSSR count). The Bertz CT molecular complexity index is 608. The summed E-state index contributed by atoms with van der Waals surface area (Å²) in [5, 5.41) is 0. The number of amides is 1. The number of para-hydroxylation sites is 1. The average molecular weight is 324 g/mol. The Morgan fingerprint density at radius 3 is 2.27 bits per heavy atom. The lowest BCUT2D eigenvalue weighted by molar-refractivity contribution is -0.133. The van der Waals surface area contributed by atoms with E-state index in [1.54, 1.807) is 36.1 Å². The summed E-state index contributed by atoms with van der Waals surface area (Å²) in [7, 11) is -3.53. The van der Waals surface area contributed by atoms with Gasteiger partial charge in [-0.3, -0.25) is 9.10 Å². The third-order valence-electron chi connectivity index (χ3n) is 4.17. The van der Waals surface area contributed by atoms with Crippen molar-refractivity contribution in [2.24, 2.45) is 5.92 Å². The quantitative estimate of drug-likeness (QED) is 0.852. The fourth-order valence-electron chi connectivity index (χ4n) is 2.87. The predicted molar refractivity (Wildman–Crippen MR) is 88.2 cm³/mol. The van der Waals surface area contributed by atoms with E-state index in [-0.39, 0.29) is 5.91 Å². The Hall–Kier alpha value is -1.56. The van der Waals surface area contributed by atoms with Crippen LogP contribution in [0.4, 0.5) is 5.69 Å². The number of benzene rings is 1. The molecule has 1 aliphatic heterocycles. The molecule has 1 heterocycles. The largest absolute Gasteiger partial charge is 0.341 e. The molecule has 1 saturated heterocycles. The molecule has 1 atom stereocenters. The van der Waals surface area contributed by atoms with Crippen LogP contribution in [0, 0.1) is 5.92 Å². The molecule has 0 radical (unpaired) electrons. The van der Waals surface area contributed by atoms with E-state index in [1.165, 1.54) is 4.31 Å². The summed E-state index contributed by atoms with van der Waals surface area (Å²) in [4.78, 5) is 14.5. The number of anilines is 1. The van der Waals surface area contributed by atoms with E-state index in [2.05, 4.69) is 6.92 Å². The van der Waals surface area contributed by atoms with Crippen molar-refractivity contribution in [2.75, 3.05) is 23.7 Å². The summed E-state index contributed by atoms with van der Waals surface area (Å²) >= 11 is 0. The molecule has 1 aromatic rings. The van der Waals surface area contributed by atoms with Gasteiger partial charge in [0.2, 0.25) is 15.9 Å². The maximum Gasteiger partial charge on any atom is 0.246 e. The second kappa shape index (κ2) is 6.69. The van der Waals surface area contributed by atoms with Gasteiger partial charge in [0.25, 0.3) is 0 Å². The zero-order valence-electron chi connectivity index (χ0n) is 13.4. The van der Waals surface area contributed by atoms with Gasteiger partial charge in [-0.15, -0.1) is 0 Å². The van der Waals surface area contributed by atoms with E-state index in [0.29, 0.717) is 24.7 Å². The fourth-order valence-corrected chi connectivity index (χ4v) is 4.04. The third-order valence-corrected chi connectivity index (χ3v) is 5.41. The maximum atomic E-state index is 12.7. The van der Waals surface area contributed by atoms with Crippen molar-refractivity contribution < 1.29 is 13.2 Å². The number of sulfonamides is 1. The molecule has 1 amide bonds. The standard InChI is InChI=1S/C16H24N2O3S/c1-13-9-11-17(12-10-13)16(19)14(2)18(22(3,20)21)15-7-5-4-6-8-15/h4-8,13-14H,9-12H2,1-3H3/t14-/m0/s1. The summed E-state index contributed by atoms with van der Waals surface area (Å²) in [5.41, 5.74) is 0.524. The maximum absolute atomic E-state index is 12.7. The minimum Gasteiger partial charge on any atom is -0.341 e. The normalized spacial score (nSPS) is 18.0. The van der Waals surface area contributed by atoms with Gasteiger partial charge >= 0.3 is 0 Å². The Morgan fingerprint density at radius 2 is 1.77 bits per heavy atom. The summed E-state index contributed by atoms with van der Waals surface area (Å²) in [5.74, 6) is 0.501. The minimum absolute atomic E-state index is 0.124. The van der Waals surface area contributed by atoms with Crippen LogP contribution < -0.4 is 4.31 Å². The highest BCUT2D eigenvalue weighted by Crippen LogP contribution is 2.23. The van der Waals surface area contributed by atoms with E-state index in [0.717, 1.165) is 19.1 Å². The molecule has 0 aliphatic carbocycles. The van der Waals surface area contributed by atoms with E-state index in [4.69, 9.17) is 0 Å². The molecular formula is C16H24N2O3S. The van der Waals surface area contributed by atoms with Gasteiger partial charge in [-0.25, -0.2) is 8.42 Å². The lowest BCUT2D eigenvalue weighted by Crippen LogP contribution is -2.51. The Balaban J connectivity index is 2.23. The summed E-state index contributed by atoms with van der Waals surface area (Å²) in [6.07, 6.45) is 3.09. The summed E-state index contributed by atoms with van der Waals surface area (Å²) in [6, 6.07) is 8.06. The molecule has 0 aromatic heterocycles. The summed E-state index contributed by atoms with van der Waals surface area (Å²) in [6.45, 7) is 5.25. The molecule has 0 unspecified atom stereocenters. The van der Waals surface area contributed by atoms with Gasteiger partial charge in [0.15, 0.2) is 0 Å². The molecule has 0 bridgehead atoms. The van der Waals surface area contributed by atoms with Crippen LogP contribution in [-0.4, -0.2) is 44.6 Å². The first kappa shape index (κ1) is 16.8. The van der Waals surface area contributed by atoms with E-state index >= 15 is 0 Å². The highest BCUT2D eigenvalue weighted by molar-refractivity contribution is 7.92. The number of piperidine rings is 1. The topological polar surface area (TPSA) is 57.7 Å². The van der Waals surface area contributed by atoms with Crippen molar-refractivity contribution in [1.29, 1.82) is 0 Å². The van der Waals surface area contributed by atoms with Gasteiger partial charge in [0.1, 0.15) is 6.04 Å². The van der Waals surface area contributed by atoms with Crippen molar-refractivity contribution in [3.05, 3.63) is 30.3 Å². The van der Waals surface area contributed by atoms with Crippen molar-refractivity contribution in [1.82, 2.24) is 4.90 Å². The van der Waals surface area contributed by atoms with E-state index in [9.17, 15) is 13.2 Å². The average Bonchev–Trinajstić information content (AvgIpc) is 2.47. The van der Waals surface area contributed by atoms with Gasteiger partial charge < -0.3 is 4.90 Å². The first-order chi connectivity index (χ1) is 10.3. The molecule has 1 aliphatic rings. The van der Waals surface area contributed by atoms with Gasteiger partial charge in [-0.05, 0) is 37.8 Å². The second-order valence-electron chi connectivity index (χ2n) is 6.08.